The molecule has 0 saturated carbocycles. The predicted octanol–water partition coefficient (Wildman–Crippen LogP) is 4.71. The van der Waals surface area contributed by atoms with Crippen LogP contribution in [0.2, 0.25) is 5.02 Å². The van der Waals surface area contributed by atoms with Gasteiger partial charge in [-0.15, -0.1) is 0 Å². The van der Waals surface area contributed by atoms with Crippen molar-refractivity contribution in [3.63, 3.8) is 0 Å². The third-order valence-corrected chi connectivity index (χ3v) is 2.89. The van der Waals surface area contributed by atoms with Crippen molar-refractivity contribution in [2.45, 2.75) is 13.3 Å². The van der Waals surface area contributed by atoms with Crippen LogP contribution in [-0.4, -0.2) is 5.71 Å². The lowest BCUT2D eigenvalue weighted by atomic mass is 10.1. The van der Waals surface area contributed by atoms with Gasteiger partial charge in [0.15, 0.2) is 0 Å². The van der Waals surface area contributed by atoms with E-state index in [1.807, 2.05) is 19.1 Å². The molecule has 2 aromatic rings. The van der Waals surface area contributed by atoms with Crippen molar-refractivity contribution >= 4 is 23.0 Å². The Morgan fingerprint density at radius 1 is 1.21 bits per heavy atom. The standard InChI is InChI=1S/C15H14ClFN2/c1-2-15(11-6-8-13(17)9-7-11)19-18-14-5-3-4-12(16)10-14/h3-10,18H,2H2,1H3/b19-15-. The Kier molecular flexibility index (Phi) is 4.53. The van der Waals surface area contributed by atoms with Crippen molar-refractivity contribution < 1.29 is 4.39 Å². The molecule has 0 fully saturated rings. The van der Waals surface area contributed by atoms with E-state index in [2.05, 4.69) is 10.5 Å². The average Bonchev–Trinajstić information content (AvgIpc) is 2.41. The second-order valence-electron chi connectivity index (χ2n) is 4.04. The van der Waals surface area contributed by atoms with E-state index in [9.17, 15) is 4.39 Å². The first-order valence-corrected chi connectivity index (χ1v) is 6.41. The monoisotopic (exact) mass is 276 g/mol. The van der Waals surface area contributed by atoms with E-state index in [0.717, 1.165) is 23.4 Å². The van der Waals surface area contributed by atoms with E-state index >= 15 is 0 Å². The highest BCUT2D eigenvalue weighted by Gasteiger charge is 2.01. The first-order chi connectivity index (χ1) is 9.19. The van der Waals surface area contributed by atoms with Crippen LogP contribution in [0.4, 0.5) is 10.1 Å². The van der Waals surface area contributed by atoms with Crippen molar-refractivity contribution in [1.82, 2.24) is 0 Å². The first-order valence-electron chi connectivity index (χ1n) is 6.03. The first kappa shape index (κ1) is 13.6. The Balaban J connectivity index is 2.17. The maximum absolute atomic E-state index is 12.9. The topological polar surface area (TPSA) is 24.4 Å². The molecule has 2 rings (SSSR count). The number of benzene rings is 2. The molecule has 2 nitrogen and oxygen atoms in total. The Bertz CT molecular complexity index is 579. The van der Waals surface area contributed by atoms with Crippen molar-refractivity contribution in [3.8, 4) is 0 Å². The molecule has 0 bridgehead atoms. The van der Waals surface area contributed by atoms with Crippen LogP contribution < -0.4 is 5.43 Å². The van der Waals surface area contributed by atoms with Crippen LogP contribution in [0.25, 0.3) is 0 Å². The molecule has 2 aromatic carbocycles. The van der Waals surface area contributed by atoms with E-state index in [4.69, 9.17) is 11.6 Å². The minimum Gasteiger partial charge on any atom is -0.278 e. The van der Waals surface area contributed by atoms with Crippen molar-refractivity contribution in [3.05, 3.63) is 64.9 Å². The average molecular weight is 277 g/mol. The van der Waals surface area contributed by atoms with Crippen LogP contribution in [0.1, 0.15) is 18.9 Å². The van der Waals surface area contributed by atoms with Crippen molar-refractivity contribution in [2.75, 3.05) is 5.43 Å². The molecular formula is C15H14ClFN2. The van der Waals surface area contributed by atoms with E-state index < -0.39 is 0 Å². The maximum Gasteiger partial charge on any atom is 0.123 e. The summed E-state index contributed by atoms with van der Waals surface area (Å²) < 4.78 is 12.9. The van der Waals surface area contributed by atoms with Crippen molar-refractivity contribution in [1.29, 1.82) is 0 Å². The lowest BCUT2D eigenvalue weighted by molar-refractivity contribution is 0.627. The van der Waals surface area contributed by atoms with Crippen LogP contribution in [0.3, 0.4) is 0 Å². The van der Waals surface area contributed by atoms with Gasteiger partial charge in [0, 0.05) is 5.02 Å². The Labute approximate surface area is 116 Å². The van der Waals surface area contributed by atoms with E-state index in [1.165, 1.54) is 12.1 Å². The van der Waals surface area contributed by atoms with Gasteiger partial charge in [-0.2, -0.15) is 5.10 Å². The zero-order chi connectivity index (χ0) is 13.7. The second kappa shape index (κ2) is 6.34. The quantitative estimate of drug-likeness (QED) is 0.635. The van der Waals surface area contributed by atoms with Gasteiger partial charge in [0.1, 0.15) is 5.82 Å². The largest absolute Gasteiger partial charge is 0.278 e. The third kappa shape index (κ3) is 3.80. The molecule has 0 aliphatic carbocycles. The molecule has 0 radical (unpaired) electrons. The molecule has 0 aromatic heterocycles. The molecule has 4 heteroatoms. The van der Waals surface area contributed by atoms with Gasteiger partial charge in [0.25, 0.3) is 0 Å². The highest BCUT2D eigenvalue weighted by Crippen LogP contribution is 2.15. The van der Waals surface area contributed by atoms with Gasteiger partial charge in [0.2, 0.25) is 0 Å². The molecular weight excluding hydrogens is 263 g/mol. The van der Waals surface area contributed by atoms with E-state index in [-0.39, 0.29) is 5.82 Å². The molecule has 0 atom stereocenters. The summed E-state index contributed by atoms with van der Waals surface area (Å²) in [5.41, 5.74) is 5.54. The van der Waals surface area contributed by atoms with E-state index in [1.54, 1.807) is 24.3 Å². The zero-order valence-electron chi connectivity index (χ0n) is 10.5. The summed E-state index contributed by atoms with van der Waals surface area (Å²) in [5.74, 6) is -0.248. The van der Waals surface area contributed by atoms with Crippen LogP contribution in [-0.2, 0) is 0 Å². The predicted molar refractivity (Wildman–Crippen MR) is 78.3 cm³/mol. The normalized spacial score (nSPS) is 11.4. The fraction of sp³-hybridized carbons (Fsp3) is 0.133. The highest BCUT2D eigenvalue weighted by atomic mass is 35.5. The van der Waals surface area contributed by atoms with Crippen LogP contribution in [0.15, 0.2) is 53.6 Å². The Morgan fingerprint density at radius 2 is 1.95 bits per heavy atom. The summed E-state index contributed by atoms with van der Waals surface area (Å²) in [4.78, 5) is 0. The molecule has 0 aliphatic heterocycles. The number of hydrogen-bond acceptors (Lipinski definition) is 2. The minimum atomic E-state index is -0.248. The number of nitrogens with one attached hydrogen (secondary N) is 1. The SMILES string of the molecule is CC/C(=N/Nc1cccc(Cl)c1)c1ccc(F)cc1. The van der Waals surface area contributed by atoms with Gasteiger partial charge in [-0.25, -0.2) is 4.39 Å². The fourth-order valence-electron chi connectivity index (χ4n) is 1.68. The van der Waals surface area contributed by atoms with Gasteiger partial charge < -0.3 is 0 Å². The number of anilines is 1. The second-order valence-corrected chi connectivity index (χ2v) is 4.48. The molecule has 19 heavy (non-hydrogen) atoms. The Hall–Kier alpha value is -1.87. The molecule has 1 N–H and O–H groups in total. The fourth-order valence-corrected chi connectivity index (χ4v) is 1.87. The lowest BCUT2D eigenvalue weighted by Crippen LogP contribution is -2.03. The highest BCUT2D eigenvalue weighted by molar-refractivity contribution is 6.30. The molecule has 0 aliphatic rings. The smallest absolute Gasteiger partial charge is 0.123 e. The lowest BCUT2D eigenvalue weighted by Gasteiger charge is -2.06. The summed E-state index contributed by atoms with van der Waals surface area (Å²) in [6, 6.07) is 13.6. The molecule has 0 amide bonds. The maximum atomic E-state index is 12.9. The van der Waals surface area contributed by atoms with E-state index in [0.29, 0.717) is 5.02 Å². The third-order valence-electron chi connectivity index (χ3n) is 2.66. The number of halogens is 2. The molecule has 98 valence electrons. The Morgan fingerprint density at radius 3 is 2.58 bits per heavy atom. The number of hydrazone groups is 1. The number of rotatable bonds is 4. The van der Waals surface area contributed by atoms with Crippen LogP contribution in [0, 0.1) is 5.82 Å². The number of nitrogens with zero attached hydrogens (tertiary/aromatic N) is 1. The summed E-state index contributed by atoms with van der Waals surface area (Å²) >= 11 is 5.90. The van der Waals surface area contributed by atoms with Gasteiger partial charge in [0.05, 0.1) is 11.4 Å². The van der Waals surface area contributed by atoms with Gasteiger partial charge >= 0.3 is 0 Å². The zero-order valence-corrected chi connectivity index (χ0v) is 11.3. The molecule has 0 spiro atoms. The number of hydrogen-bond donors (Lipinski definition) is 1. The summed E-state index contributed by atoms with van der Waals surface area (Å²) in [7, 11) is 0. The van der Waals surface area contributed by atoms with Crippen molar-refractivity contribution in [2.24, 2.45) is 5.10 Å². The summed E-state index contributed by atoms with van der Waals surface area (Å²) in [6.07, 6.45) is 0.749. The van der Waals surface area contributed by atoms with Gasteiger partial charge in [-0.1, -0.05) is 36.7 Å². The summed E-state index contributed by atoms with van der Waals surface area (Å²) in [6.45, 7) is 2.00. The van der Waals surface area contributed by atoms with Gasteiger partial charge in [-0.3, -0.25) is 5.43 Å². The molecule has 0 unspecified atom stereocenters. The van der Waals surface area contributed by atoms with Gasteiger partial charge in [-0.05, 0) is 42.3 Å². The molecule has 0 heterocycles. The van der Waals surface area contributed by atoms with Crippen LogP contribution in [0.5, 0.6) is 0 Å². The van der Waals surface area contributed by atoms with Crippen LogP contribution >= 0.6 is 11.6 Å². The summed E-state index contributed by atoms with van der Waals surface area (Å²) in [5, 5.41) is 4.99. The minimum absolute atomic E-state index is 0.248. The molecule has 0 saturated heterocycles.